The summed E-state index contributed by atoms with van der Waals surface area (Å²) in [4.78, 5) is 51.7. The molecule has 226 valence electrons. The SMILES string of the molecule is Cc1ccc(S(=O)(=O)NC(CC(=O)NCCC(C)C)C(=O)NC(C)C(=O)NC(CC(C)C)C(=O)c2ccco2)cc1. The zero-order valence-corrected chi connectivity index (χ0v) is 25.3. The molecule has 0 fully saturated rings. The molecule has 0 aliphatic rings. The van der Waals surface area contributed by atoms with Gasteiger partial charge in [-0.05, 0) is 62.8 Å². The van der Waals surface area contributed by atoms with E-state index in [4.69, 9.17) is 4.42 Å². The molecule has 0 radical (unpaired) electrons. The van der Waals surface area contributed by atoms with Crippen LogP contribution >= 0.6 is 0 Å². The van der Waals surface area contributed by atoms with E-state index < -0.39 is 58.1 Å². The first-order chi connectivity index (χ1) is 19.2. The lowest BCUT2D eigenvalue weighted by Gasteiger charge is -2.23. The number of furan rings is 1. The van der Waals surface area contributed by atoms with E-state index >= 15 is 0 Å². The fourth-order valence-corrected chi connectivity index (χ4v) is 5.08. The molecule has 12 heteroatoms. The fourth-order valence-electron chi connectivity index (χ4n) is 3.89. The molecule has 0 spiro atoms. The molecule has 1 aromatic heterocycles. The van der Waals surface area contributed by atoms with Crippen molar-refractivity contribution in [1.29, 1.82) is 0 Å². The van der Waals surface area contributed by atoms with Gasteiger partial charge in [-0.15, -0.1) is 0 Å². The molecule has 0 bridgehead atoms. The number of rotatable bonds is 16. The van der Waals surface area contributed by atoms with Crippen LogP contribution in [0, 0.1) is 18.8 Å². The first-order valence-corrected chi connectivity index (χ1v) is 15.2. The Labute approximate surface area is 242 Å². The van der Waals surface area contributed by atoms with Crippen LogP contribution in [0.4, 0.5) is 0 Å². The number of ketones is 1. The molecule has 3 amide bonds. The van der Waals surface area contributed by atoms with Crippen LogP contribution in [-0.2, 0) is 24.4 Å². The van der Waals surface area contributed by atoms with Gasteiger partial charge in [-0.2, -0.15) is 4.72 Å². The number of Topliss-reactive ketones (excluding diaryl/α,β-unsaturated/α-hetero) is 1. The molecule has 1 heterocycles. The van der Waals surface area contributed by atoms with Gasteiger partial charge in [0, 0.05) is 6.54 Å². The maximum Gasteiger partial charge on any atom is 0.242 e. The topological polar surface area (TPSA) is 164 Å². The van der Waals surface area contributed by atoms with E-state index in [9.17, 15) is 27.6 Å². The Kier molecular flexibility index (Phi) is 12.7. The molecule has 1 aromatic carbocycles. The van der Waals surface area contributed by atoms with Crippen molar-refractivity contribution in [2.45, 2.75) is 83.8 Å². The number of carbonyl (C=O) groups excluding carboxylic acids is 4. The number of benzene rings is 1. The summed E-state index contributed by atoms with van der Waals surface area (Å²) in [6.07, 6.45) is 1.93. The Morgan fingerprint density at radius 3 is 2.07 bits per heavy atom. The normalized spacial score (nSPS) is 13.9. The van der Waals surface area contributed by atoms with Gasteiger partial charge < -0.3 is 20.4 Å². The lowest BCUT2D eigenvalue weighted by atomic mass is 9.98. The van der Waals surface area contributed by atoms with Crippen LogP contribution in [0.25, 0.3) is 0 Å². The van der Waals surface area contributed by atoms with Gasteiger partial charge in [0.1, 0.15) is 12.1 Å². The Hall–Kier alpha value is -3.51. The van der Waals surface area contributed by atoms with Crippen molar-refractivity contribution >= 4 is 33.5 Å². The van der Waals surface area contributed by atoms with E-state index in [0.29, 0.717) is 25.3 Å². The summed E-state index contributed by atoms with van der Waals surface area (Å²) >= 11 is 0. The van der Waals surface area contributed by atoms with Crippen LogP contribution < -0.4 is 20.7 Å². The van der Waals surface area contributed by atoms with E-state index in [0.717, 1.165) is 5.56 Å². The molecular weight excluding hydrogens is 548 g/mol. The molecule has 41 heavy (non-hydrogen) atoms. The second-order valence-electron chi connectivity index (χ2n) is 11.0. The molecule has 2 rings (SSSR count). The number of hydrogen-bond donors (Lipinski definition) is 4. The zero-order valence-electron chi connectivity index (χ0n) is 24.5. The number of aryl methyl sites for hydroxylation is 1. The lowest BCUT2D eigenvalue weighted by molar-refractivity contribution is -0.131. The minimum absolute atomic E-state index is 0.0684. The van der Waals surface area contributed by atoms with E-state index in [1.807, 2.05) is 34.6 Å². The third kappa shape index (κ3) is 11.1. The first kappa shape index (κ1) is 33.7. The highest BCUT2D eigenvalue weighted by Crippen LogP contribution is 2.14. The summed E-state index contributed by atoms with van der Waals surface area (Å²) in [7, 11) is -4.17. The third-order valence-corrected chi connectivity index (χ3v) is 7.72. The summed E-state index contributed by atoms with van der Waals surface area (Å²) in [5, 5.41) is 7.84. The Morgan fingerprint density at radius 1 is 0.854 bits per heavy atom. The molecule has 0 aliphatic heterocycles. The predicted octanol–water partition coefficient (Wildman–Crippen LogP) is 2.71. The first-order valence-electron chi connectivity index (χ1n) is 13.7. The quantitative estimate of drug-likeness (QED) is 0.218. The lowest BCUT2D eigenvalue weighted by Crippen LogP contribution is -2.55. The molecule has 3 atom stereocenters. The van der Waals surface area contributed by atoms with Crippen LogP contribution in [0.3, 0.4) is 0 Å². The van der Waals surface area contributed by atoms with Crippen molar-refractivity contribution in [3.05, 3.63) is 54.0 Å². The Bertz CT molecular complexity index is 1270. The van der Waals surface area contributed by atoms with Crippen LogP contribution in [0.15, 0.2) is 52.0 Å². The van der Waals surface area contributed by atoms with Gasteiger partial charge in [-0.3, -0.25) is 19.2 Å². The standard InChI is InChI=1S/C29H42N4O7S/c1-18(2)13-14-30-26(34)17-24(33-41(38,39)22-11-9-20(5)10-12-22)29(37)31-21(6)28(36)32-23(16-19(3)4)27(35)25-8-7-15-40-25/h7-12,15,18-19,21,23-24,33H,13-14,16-17H2,1-6H3,(H,30,34)(H,31,37)(H,32,36). The van der Waals surface area contributed by atoms with E-state index in [2.05, 4.69) is 20.7 Å². The maximum atomic E-state index is 13.2. The van der Waals surface area contributed by atoms with Gasteiger partial charge >= 0.3 is 0 Å². The molecule has 0 saturated carbocycles. The molecule has 0 saturated heterocycles. The highest BCUT2D eigenvalue weighted by Gasteiger charge is 2.31. The Balaban J connectivity index is 2.17. The van der Waals surface area contributed by atoms with Gasteiger partial charge in [0.05, 0.1) is 23.6 Å². The van der Waals surface area contributed by atoms with Crippen LogP contribution in [0.1, 0.15) is 70.0 Å². The van der Waals surface area contributed by atoms with Gasteiger partial charge in [0.2, 0.25) is 33.5 Å². The van der Waals surface area contributed by atoms with Gasteiger partial charge in [0.25, 0.3) is 0 Å². The minimum atomic E-state index is -4.17. The Morgan fingerprint density at radius 2 is 1.51 bits per heavy atom. The summed E-state index contributed by atoms with van der Waals surface area (Å²) in [5.41, 5.74) is 0.851. The second-order valence-corrected chi connectivity index (χ2v) is 12.7. The van der Waals surface area contributed by atoms with Crippen LogP contribution in [0.2, 0.25) is 0 Å². The number of hydrogen-bond acceptors (Lipinski definition) is 7. The van der Waals surface area contributed by atoms with Crippen molar-refractivity contribution < 1.29 is 32.0 Å². The third-order valence-electron chi connectivity index (χ3n) is 6.23. The summed E-state index contributed by atoms with van der Waals surface area (Å²) < 4.78 is 33.6. The minimum Gasteiger partial charge on any atom is -0.461 e. The highest BCUT2D eigenvalue weighted by molar-refractivity contribution is 7.89. The number of nitrogens with one attached hydrogen (secondary N) is 4. The molecule has 4 N–H and O–H groups in total. The molecule has 11 nitrogen and oxygen atoms in total. The smallest absolute Gasteiger partial charge is 0.242 e. The van der Waals surface area contributed by atoms with E-state index in [1.54, 1.807) is 18.2 Å². The molecule has 3 unspecified atom stereocenters. The maximum absolute atomic E-state index is 13.2. The number of carbonyl (C=O) groups is 4. The molecule has 2 aromatic rings. The van der Waals surface area contributed by atoms with E-state index in [1.165, 1.54) is 31.4 Å². The van der Waals surface area contributed by atoms with Gasteiger partial charge in [-0.25, -0.2) is 8.42 Å². The van der Waals surface area contributed by atoms with Crippen molar-refractivity contribution in [2.75, 3.05) is 6.54 Å². The van der Waals surface area contributed by atoms with Crippen LogP contribution in [0.5, 0.6) is 0 Å². The number of amides is 3. The van der Waals surface area contributed by atoms with Crippen molar-refractivity contribution in [1.82, 2.24) is 20.7 Å². The van der Waals surface area contributed by atoms with Gasteiger partial charge in [-0.1, -0.05) is 45.4 Å². The van der Waals surface area contributed by atoms with E-state index in [-0.39, 0.29) is 16.6 Å². The number of sulfonamides is 1. The molecule has 0 aliphatic carbocycles. The summed E-state index contributed by atoms with van der Waals surface area (Å²) in [6, 6.07) is 5.58. The fraction of sp³-hybridized carbons (Fsp3) is 0.517. The highest BCUT2D eigenvalue weighted by atomic mass is 32.2. The molecular formula is C29H42N4O7S. The average Bonchev–Trinajstić information content (AvgIpc) is 3.42. The van der Waals surface area contributed by atoms with Crippen molar-refractivity contribution in [3.63, 3.8) is 0 Å². The van der Waals surface area contributed by atoms with Crippen molar-refractivity contribution in [3.8, 4) is 0 Å². The van der Waals surface area contributed by atoms with Gasteiger partial charge in [0.15, 0.2) is 5.76 Å². The summed E-state index contributed by atoms with van der Waals surface area (Å²) in [5.74, 6) is -1.92. The second kappa shape index (κ2) is 15.5. The van der Waals surface area contributed by atoms with Crippen LogP contribution in [-0.4, -0.2) is 56.6 Å². The monoisotopic (exact) mass is 590 g/mol. The van der Waals surface area contributed by atoms with Crippen molar-refractivity contribution in [2.24, 2.45) is 11.8 Å². The average molecular weight is 591 g/mol. The predicted molar refractivity (Wildman–Crippen MR) is 154 cm³/mol. The largest absolute Gasteiger partial charge is 0.461 e. The summed E-state index contributed by atoms with van der Waals surface area (Å²) in [6.45, 7) is 11.4. The zero-order chi connectivity index (χ0) is 30.7.